The number of carbonyl (C=O) groups is 2. The fourth-order valence-electron chi connectivity index (χ4n) is 4.63. The van der Waals surface area contributed by atoms with Gasteiger partial charge in [0.1, 0.15) is 22.2 Å². The minimum Gasteiger partial charge on any atom is -0.444 e. The number of anilines is 2. The average molecular weight is 568 g/mol. The summed E-state index contributed by atoms with van der Waals surface area (Å²) in [7, 11) is 0. The molecular formula is C29H41N7O3S. The average Bonchev–Trinajstić information content (AvgIpc) is 3.36. The van der Waals surface area contributed by atoms with Gasteiger partial charge in [-0.05, 0) is 63.8 Å². The predicted octanol–water partition coefficient (Wildman–Crippen LogP) is 6.52. The van der Waals surface area contributed by atoms with Crippen LogP contribution < -0.4 is 16.4 Å². The van der Waals surface area contributed by atoms with E-state index in [-0.39, 0.29) is 18.5 Å². The quantitative estimate of drug-likeness (QED) is 0.254. The zero-order chi connectivity index (χ0) is 29.5. The van der Waals surface area contributed by atoms with Crippen molar-refractivity contribution in [2.75, 3.05) is 10.6 Å². The molecule has 0 aliphatic carbocycles. The molecule has 0 saturated heterocycles. The number of nitrogens with two attached hydrogens (primary N) is 1. The van der Waals surface area contributed by atoms with Crippen LogP contribution in [0, 0.1) is 5.92 Å². The second-order valence-electron chi connectivity index (χ2n) is 11.1. The molecule has 216 valence electrons. The van der Waals surface area contributed by atoms with Gasteiger partial charge in [-0.25, -0.2) is 19.6 Å². The summed E-state index contributed by atoms with van der Waals surface area (Å²) in [5.74, 6) is 0.842. The van der Waals surface area contributed by atoms with Crippen LogP contribution in [0.1, 0.15) is 67.0 Å². The van der Waals surface area contributed by atoms with Crippen molar-refractivity contribution in [2.24, 2.45) is 11.7 Å². The molecule has 3 aromatic heterocycles. The molecule has 10 nitrogen and oxygen atoms in total. The maximum absolute atomic E-state index is 13.5. The summed E-state index contributed by atoms with van der Waals surface area (Å²) in [6.07, 6.45) is 4.33. The number of amides is 3. The molecular weight excluding hydrogens is 526 g/mol. The molecule has 3 rings (SSSR count). The molecule has 3 heterocycles. The molecule has 0 bridgehead atoms. The lowest BCUT2D eigenvalue weighted by Gasteiger charge is -2.45. The molecule has 0 saturated carbocycles. The monoisotopic (exact) mass is 567 g/mol. The summed E-state index contributed by atoms with van der Waals surface area (Å²) in [5, 5.41) is 8.05. The summed E-state index contributed by atoms with van der Waals surface area (Å²) in [5.41, 5.74) is 7.10. The number of nitrogens with one attached hydrogen (secondary N) is 2. The molecule has 3 aromatic rings. The largest absolute Gasteiger partial charge is 0.444 e. The number of hydrogen-bond acceptors (Lipinski definition) is 8. The summed E-state index contributed by atoms with van der Waals surface area (Å²) in [6.45, 7) is 13.9. The van der Waals surface area contributed by atoms with Gasteiger partial charge in [-0.1, -0.05) is 33.8 Å². The Labute approximate surface area is 240 Å². The molecule has 40 heavy (non-hydrogen) atoms. The normalized spacial score (nSPS) is 12.6. The SMILES string of the molecule is CCC(N)(CC)C(C(C)C)N(Cc1cccc(NC(=O)Nc2csc(-c3ccncc3)n2)n1)C(=O)OC(C)(C)C. The van der Waals surface area contributed by atoms with Crippen LogP contribution in [0.5, 0.6) is 0 Å². The van der Waals surface area contributed by atoms with Crippen molar-refractivity contribution < 1.29 is 14.3 Å². The van der Waals surface area contributed by atoms with Crippen LogP contribution in [0.15, 0.2) is 48.1 Å². The molecule has 0 spiro atoms. The minimum absolute atomic E-state index is 0.0691. The third-order valence-corrected chi connectivity index (χ3v) is 7.45. The Morgan fingerprint density at radius 1 is 1.02 bits per heavy atom. The van der Waals surface area contributed by atoms with E-state index in [0.717, 1.165) is 10.6 Å². The highest BCUT2D eigenvalue weighted by atomic mass is 32.1. The Balaban J connectivity index is 1.79. The van der Waals surface area contributed by atoms with E-state index in [2.05, 4.69) is 39.4 Å². The van der Waals surface area contributed by atoms with Crippen LogP contribution in [0.4, 0.5) is 21.2 Å². The summed E-state index contributed by atoms with van der Waals surface area (Å²) in [6, 6.07) is 8.24. The number of hydrogen-bond donors (Lipinski definition) is 3. The van der Waals surface area contributed by atoms with E-state index in [4.69, 9.17) is 10.5 Å². The van der Waals surface area contributed by atoms with Gasteiger partial charge in [0.2, 0.25) is 0 Å². The Morgan fingerprint density at radius 3 is 2.27 bits per heavy atom. The van der Waals surface area contributed by atoms with Crippen LogP contribution in [0.3, 0.4) is 0 Å². The van der Waals surface area contributed by atoms with Gasteiger partial charge >= 0.3 is 12.1 Å². The fourth-order valence-corrected chi connectivity index (χ4v) is 5.39. The van der Waals surface area contributed by atoms with Gasteiger partial charge in [-0.15, -0.1) is 11.3 Å². The number of rotatable bonds is 10. The van der Waals surface area contributed by atoms with Crippen LogP contribution in [0.25, 0.3) is 10.6 Å². The number of aromatic nitrogens is 3. The van der Waals surface area contributed by atoms with Crippen molar-refractivity contribution in [3.63, 3.8) is 0 Å². The van der Waals surface area contributed by atoms with Crippen LogP contribution in [0.2, 0.25) is 0 Å². The molecule has 11 heteroatoms. The number of ether oxygens (including phenoxy) is 1. The second-order valence-corrected chi connectivity index (χ2v) is 12.0. The first kappa shape index (κ1) is 31.0. The molecule has 3 amide bonds. The first-order chi connectivity index (χ1) is 18.8. The minimum atomic E-state index is -0.672. The van der Waals surface area contributed by atoms with Gasteiger partial charge in [0.25, 0.3) is 0 Å². The first-order valence-electron chi connectivity index (χ1n) is 13.5. The van der Waals surface area contributed by atoms with Crippen LogP contribution in [-0.4, -0.2) is 49.2 Å². The Morgan fingerprint density at radius 2 is 1.68 bits per heavy atom. The van der Waals surface area contributed by atoms with E-state index < -0.39 is 23.3 Å². The zero-order valence-electron chi connectivity index (χ0n) is 24.4. The smallest absolute Gasteiger partial charge is 0.410 e. The molecule has 0 aromatic carbocycles. The molecule has 0 aliphatic rings. The molecule has 0 aliphatic heterocycles. The number of urea groups is 1. The van der Waals surface area contributed by atoms with Gasteiger partial charge in [0.15, 0.2) is 0 Å². The van der Waals surface area contributed by atoms with E-state index in [9.17, 15) is 9.59 Å². The standard InChI is InChI=1S/C29H41N7O3S/c1-8-29(30,9-2)24(19(3)4)36(27(38)39-28(5,6)7)17-21-11-10-12-22(32-21)34-26(37)35-23-18-40-25(33-23)20-13-15-31-16-14-20/h10-16,18-19,24H,8-9,17,30H2,1-7H3,(H2,32,34,35,37). The van der Waals surface area contributed by atoms with Crippen molar-refractivity contribution in [2.45, 2.75) is 85.0 Å². The third-order valence-electron chi connectivity index (χ3n) is 6.55. The lowest BCUT2D eigenvalue weighted by molar-refractivity contribution is -0.00612. The van der Waals surface area contributed by atoms with E-state index >= 15 is 0 Å². The summed E-state index contributed by atoms with van der Waals surface area (Å²) in [4.78, 5) is 41.0. The van der Waals surface area contributed by atoms with Gasteiger partial charge in [0, 0.05) is 28.9 Å². The molecule has 0 fully saturated rings. The predicted molar refractivity (Wildman–Crippen MR) is 160 cm³/mol. The van der Waals surface area contributed by atoms with Crippen molar-refractivity contribution in [3.8, 4) is 10.6 Å². The molecule has 1 atom stereocenters. The summed E-state index contributed by atoms with van der Waals surface area (Å²) < 4.78 is 5.80. The maximum atomic E-state index is 13.5. The highest BCUT2D eigenvalue weighted by molar-refractivity contribution is 7.13. The third kappa shape index (κ3) is 8.22. The van der Waals surface area contributed by atoms with Crippen molar-refractivity contribution in [3.05, 3.63) is 53.8 Å². The number of carbonyl (C=O) groups excluding carboxylic acids is 2. The zero-order valence-corrected chi connectivity index (χ0v) is 25.2. The van der Waals surface area contributed by atoms with Gasteiger partial charge < -0.3 is 10.5 Å². The Kier molecular flexibility index (Phi) is 10.2. The highest BCUT2D eigenvalue weighted by Gasteiger charge is 2.42. The fraction of sp³-hybridized carbons (Fsp3) is 0.483. The topological polar surface area (TPSA) is 135 Å². The van der Waals surface area contributed by atoms with Crippen LogP contribution >= 0.6 is 11.3 Å². The first-order valence-corrected chi connectivity index (χ1v) is 14.4. The number of nitrogens with zero attached hydrogens (tertiary/aromatic N) is 4. The number of thiazole rings is 1. The van der Waals surface area contributed by atoms with Gasteiger partial charge in [0.05, 0.1) is 18.3 Å². The van der Waals surface area contributed by atoms with Crippen molar-refractivity contribution in [1.82, 2.24) is 19.9 Å². The summed E-state index contributed by atoms with van der Waals surface area (Å²) >= 11 is 1.42. The number of pyridine rings is 2. The molecule has 4 N–H and O–H groups in total. The lowest BCUT2D eigenvalue weighted by Crippen LogP contribution is -2.61. The molecule has 1 unspecified atom stereocenters. The van der Waals surface area contributed by atoms with E-state index in [1.54, 1.807) is 34.8 Å². The van der Waals surface area contributed by atoms with E-state index in [1.165, 1.54) is 11.3 Å². The van der Waals surface area contributed by atoms with E-state index in [1.807, 2.05) is 52.8 Å². The maximum Gasteiger partial charge on any atom is 0.410 e. The van der Waals surface area contributed by atoms with Crippen LogP contribution in [-0.2, 0) is 11.3 Å². The lowest BCUT2D eigenvalue weighted by atomic mass is 9.78. The highest BCUT2D eigenvalue weighted by Crippen LogP contribution is 2.30. The van der Waals surface area contributed by atoms with Crippen molar-refractivity contribution >= 4 is 35.1 Å². The van der Waals surface area contributed by atoms with Gasteiger partial charge in [-0.3, -0.25) is 20.5 Å². The van der Waals surface area contributed by atoms with Gasteiger partial charge in [-0.2, -0.15) is 0 Å². The molecule has 0 radical (unpaired) electrons. The second kappa shape index (κ2) is 13.2. The Bertz CT molecular complexity index is 1270. The van der Waals surface area contributed by atoms with E-state index in [0.29, 0.717) is 30.2 Å². The van der Waals surface area contributed by atoms with Crippen molar-refractivity contribution in [1.29, 1.82) is 0 Å². The Hall–Kier alpha value is -3.57.